The fourth-order valence-corrected chi connectivity index (χ4v) is 1.68. The van der Waals surface area contributed by atoms with E-state index in [1.54, 1.807) is 0 Å². The van der Waals surface area contributed by atoms with Gasteiger partial charge in [0.1, 0.15) is 0 Å². The molecule has 0 saturated heterocycles. The predicted molar refractivity (Wildman–Crippen MR) is 66.4 cm³/mol. The van der Waals surface area contributed by atoms with Crippen LogP contribution in [0.1, 0.15) is 12.1 Å². The number of aryl methyl sites for hydroxylation is 1. The van der Waals surface area contributed by atoms with Gasteiger partial charge in [0, 0.05) is 17.3 Å². The Kier molecular flexibility index (Phi) is 3.31. The first-order valence-corrected chi connectivity index (χ1v) is 5.49. The zero-order valence-corrected chi connectivity index (χ0v) is 9.40. The standard InChI is InChI=1S/C12H16N4/c1-9-10-5-2-3-6-11(10)12(16-15-9)14-8-4-7-13/h2-3,5-6H,4,7-8,13H2,1H3,(H,14,16). The third kappa shape index (κ3) is 2.12. The molecule has 0 atom stereocenters. The second-order valence-corrected chi connectivity index (χ2v) is 3.75. The SMILES string of the molecule is Cc1nnc(NCCCN)c2ccccc12. The molecule has 1 aromatic heterocycles. The molecule has 0 saturated carbocycles. The van der Waals surface area contributed by atoms with Crippen LogP contribution in [0.25, 0.3) is 10.8 Å². The molecule has 0 aliphatic rings. The first kappa shape index (κ1) is 10.8. The number of nitrogens with two attached hydrogens (primary N) is 1. The molecule has 0 bridgehead atoms. The van der Waals surface area contributed by atoms with Gasteiger partial charge >= 0.3 is 0 Å². The number of rotatable bonds is 4. The highest BCUT2D eigenvalue weighted by molar-refractivity contribution is 5.92. The molecule has 3 N–H and O–H groups in total. The number of benzene rings is 1. The molecule has 16 heavy (non-hydrogen) atoms. The lowest BCUT2D eigenvalue weighted by atomic mass is 10.1. The molecule has 0 aliphatic heterocycles. The highest BCUT2D eigenvalue weighted by Gasteiger charge is 2.04. The predicted octanol–water partition coefficient (Wildman–Crippen LogP) is 1.70. The summed E-state index contributed by atoms with van der Waals surface area (Å²) in [6.07, 6.45) is 0.934. The van der Waals surface area contributed by atoms with E-state index in [-0.39, 0.29) is 0 Å². The van der Waals surface area contributed by atoms with E-state index in [1.165, 1.54) is 0 Å². The summed E-state index contributed by atoms with van der Waals surface area (Å²) in [5.41, 5.74) is 6.41. The molecule has 84 valence electrons. The zero-order chi connectivity index (χ0) is 11.4. The van der Waals surface area contributed by atoms with Crippen molar-refractivity contribution in [2.24, 2.45) is 5.73 Å². The molecule has 2 rings (SSSR count). The lowest BCUT2D eigenvalue weighted by molar-refractivity contribution is 0.864. The van der Waals surface area contributed by atoms with E-state index < -0.39 is 0 Å². The van der Waals surface area contributed by atoms with E-state index >= 15 is 0 Å². The van der Waals surface area contributed by atoms with Crippen LogP contribution in [0.15, 0.2) is 24.3 Å². The van der Waals surface area contributed by atoms with E-state index in [2.05, 4.69) is 27.6 Å². The molecule has 0 aliphatic carbocycles. The van der Waals surface area contributed by atoms with Crippen molar-refractivity contribution in [3.63, 3.8) is 0 Å². The summed E-state index contributed by atoms with van der Waals surface area (Å²) >= 11 is 0. The summed E-state index contributed by atoms with van der Waals surface area (Å²) in [4.78, 5) is 0. The van der Waals surface area contributed by atoms with Gasteiger partial charge in [0.2, 0.25) is 0 Å². The van der Waals surface area contributed by atoms with Gasteiger partial charge in [-0.3, -0.25) is 0 Å². The average Bonchev–Trinajstić information content (AvgIpc) is 2.33. The summed E-state index contributed by atoms with van der Waals surface area (Å²) in [6.45, 7) is 3.49. The Hall–Kier alpha value is -1.68. The Labute approximate surface area is 94.9 Å². The average molecular weight is 216 g/mol. The third-order valence-corrected chi connectivity index (χ3v) is 2.55. The van der Waals surface area contributed by atoms with Gasteiger partial charge in [0.25, 0.3) is 0 Å². The van der Waals surface area contributed by atoms with Crippen molar-refractivity contribution in [3.8, 4) is 0 Å². The van der Waals surface area contributed by atoms with Crippen LogP contribution in [0.2, 0.25) is 0 Å². The van der Waals surface area contributed by atoms with Crippen molar-refractivity contribution in [3.05, 3.63) is 30.0 Å². The number of fused-ring (bicyclic) bond motifs is 1. The van der Waals surface area contributed by atoms with Crippen molar-refractivity contribution < 1.29 is 0 Å². The number of hydrogen-bond acceptors (Lipinski definition) is 4. The topological polar surface area (TPSA) is 63.8 Å². The van der Waals surface area contributed by atoms with Gasteiger partial charge in [-0.05, 0) is 19.9 Å². The van der Waals surface area contributed by atoms with Crippen LogP contribution >= 0.6 is 0 Å². The second kappa shape index (κ2) is 4.90. The van der Waals surface area contributed by atoms with Crippen molar-refractivity contribution in [2.45, 2.75) is 13.3 Å². The van der Waals surface area contributed by atoms with Crippen LogP contribution in [-0.4, -0.2) is 23.3 Å². The Morgan fingerprint density at radius 2 is 1.94 bits per heavy atom. The van der Waals surface area contributed by atoms with Crippen LogP contribution < -0.4 is 11.1 Å². The molecule has 1 heterocycles. The highest BCUT2D eigenvalue weighted by atomic mass is 15.2. The molecule has 1 aromatic carbocycles. The van der Waals surface area contributed by atoms with E-state index in [0.29, 0.717) is 6.54 Å². The van der Waals surface area contributed by atoms with E-state index in [4.69, 9.17) is 5.73 Å². The van der Waals surface area contributed by atoms with Crippen molar-refractivity contribution in [2.75, 3.05) is 18.4 Å². The Bertz CT molecular complexity index is 481. The lowest BCUT2D eigenvalue weighted by Crippen LogP contribution is -2.10. The van der Waals surface area contributed by atoms with Crippen molar-refractivity contribution in [1.82, 2.24) is 10.2 Å². The molecule has 4 heteroatoms. The first-order valence-electron chi connectivity index (χ1n) is 5.49. The second-order valence-electron chi connectivity index (χ2n) is 3.75. The van der Waals surface area contributed by atoms with Crippen LogP contribution in [0.5, 0.6) is 0 Å². The maximum Gasteiger partial charge on any atom is 0.156 e. The van der Waals surface area contributed by atoms with Crippen LogP contribution in [0.4, 0.5) is 5.82 Å². The summed E-state index contributed by atoms with van der Waals surface area (Å²) in [5.74, 6) is 0.842. The fourth-order valence-electron chi connectivity index (χ4n) is 1.68. The van der Waals surface area contributed by atoms with E-state index in [0.717, 1.165) is 35.2 Å². The minimum atomic E-state index is 0.685. The minimum absolute atomic E-state index is 0.685. The number of nitrogens with zero attached hydrogens (tertiary/aromatic N) is 2. The van der Waals surface area contributed by atoms with Gasteiger partial charge in [-0.15, -0.1) is 5.10 Å². The minimum Gasteiger partial charge on any atom is -0.368 e. The Morgan fingerprint density at radius 3 is 2.69 bits per heavy atom. The Balaban J connectivity index is 2.35. The van der Waals surface area contributed by atoms with Gasteiger partial charge in [-0.2, -0.15) is 5.10 Å². The molecule has 0 spiro atoms. The Morgan fingerprint density at radius 1 is 1.19 bits per heavy atom. The summed E-state index contributed by atoms with van der Waals surface area (Å²) in [6, 6.07) is 8.15. The van der Waals surface area contributed by atoms with Gasteiger partial charge in [-0.25, -0.2) is 0 Å². The smallest absolute Gasteiger partial charge is 0.156 e. The lowest BCUT2D eigenvalue weighted by Gasteiger charge is -2.08. The van der Waals surface area contributed by atoms with E-state index in [9.17, 15) is 0 Å². The number of anilines is 1. The van der Waals surface area contributed by atoms with Crippen molar-refractivity contribution >= 4 is 16.6 Å². The largest absolute Gasteiger partial charge is 0.368 e. The van der Waals surface area contributed by atoms with E-state index in [1.807, 2.05) is 19.1 Å². The van der Waals surface area contributed by atoms with Gasteiger partial charge < -0.3 is 11.1 Å². The molecule has 2 aromatic rings. The number of nitrogens with one attached hydrogen (secondary N) is 1. The monoisotopic (exact) mass is 216 g/mol. The molecule has 4 nitrogen and oxygen atoms in total. The molecule has 0 unspecified atom stereocenters. The molecule has 0 amide bonds. The fraction of sp³-hybridized carbons (Fsp3) is 0.333. The quantitative estimate of drug-likeness (QED) is 0.763. The third-order valence-electron chi connectivity index (χ3n) is 2.55. The number of aromatic nitrogens is 2. The van der Waals surface area contributed by atoms with Crippen LogP contribution in [-0.2, 0) is 0 Å². The first-order chi connectivity index (χ1) is 7.83. The summed E-state index contributed by atoms with van der Waals surface area (Å²) < 4.78 is 0. The van der Waals surface area contributed by atoms with Gasteiger partial charge in [0.05, 0.1) is 5.69 Å². The zero-order valence-electron chi connectivity index (χ0n) is 9.40. The maximum absolute atomic E-state index is 5.45. The molecule has 0 radical (unpaired) electrons. The molecular formula is C12H16N4. The number of hydrogen-bond donors (Lipinski definition) is 2. The van der Waals surface area contributed by atoms with Gasteiger partial charge in [-0.1, -0.05) is 24.3 Å². The summed E-state index contributed by atoms with van der Waals surface area (Å²) in [7, 11) is 0. The molecular weight excluding hydrogens is 200 g/mol. The van der Waals surface area contributed by atoms with Crippen LogP contribution in [0.3, 0.4) is 0 Å². The highest BCUT2D eigenvalue weighted by Crippen LogP contribution is 2.21. The summed E-state index contributed by atoms with van der Waals surface area (Å²) in [5, 5.41) is 13.8. The maximum atomic E-state index is 5.45. The van der Waals surface area contributed by atoms with Crippen molar-refractivity contribution in [1.29, 1.82) is 0 Å². The normalized spacial score (nSPS) is 10.6. The molecule has 0 fully saturated rings. The van der Waals surface area contributed by atoms with Crippen LogP contribution in [0, 0.1) is 6.92 Å². The van der Waals surface area contributed by atoms with Gasteiger partial charge in [0.15, 0.2) is 5.82 Å².